The molecular formula is C11H14ClN3O2. The molecule has 0 aromatic heterocycles. The maximum absolute atomic E-state index is 11.3. The summed E-state index contributed by atoms with van der Waals surface area (Å²) in [5, 5.41) is 5.64. The highest BCUT2D eigenvalue weighted by molar-refractivity contribution is 6.33. The summed E-state index contributed by atoms with van der Waals surface area (Å²) in [5.74, 6) is -0.402. The zero-order valence-electron chi connectivity index (χ0n) is 9.42. The van der Waals surface area contributed by atoms with E-state index in [1.807, 2.05) is 0 Å². The lowest BCUT2D eigenvalue weighted by Gasteiger charge is -2.09. The first-order valence-corrected chi connectivity index (χ1v) is 5.48. The highest BCUT2D eigenvalue weighted by Crippen LogP contribution is 2.25. The van der Waals surface area contributed by atoms with Gasteiger partial charge in [0.05, 0.1) is 10.7 Å². The Morgan fingerprint density at radius 3 is 2.65 bits per heavy atom. The van der Waals surface area contributed by atoms with Crippen molar-refractivity contribution < 1.29 is 9.59 Å². The van der Waals surface area contributed by atoms with E-state index in [9.17, 15) is 9.59 Å². The van der Waals surface area contributed by atoms with Crippen molar-refractivity contribution in [3.63, 3.8) is 0 Å². The van der Waals surface area contributed by atoms with Crippen LogP contribution in [0.25, 0.3) is 0 Å². The first kappa shape index (κ1) is 13.5. The molecule has 1 aromatic carbocycles. The predicted octanol–water partition coefficient (Wildman–Crippen LogP) is 1.59. The molecule has 0 saturated heterocycles. The number of nitrogens with one attached hydrogen (secondary N) is 2. The van der Waals surface area contributed by atoms with E-state index in [-0.39, 0.29) is 24.8 Å². The zero-order chi connectivity index (χ0) is 12.8. The zero-order valence-corrected chi connectivity index (χ0v) is 10.2. The Morgan fingerprint density at radius 1 is 1.35 bits per heavy atom. The summed E-state index contributed by atoms with van der Waals surface area (Å²) in [6, 6.07) is 4.85. The molecule has 0 aliphatic carbocycles. The first-order chi connectivity index (χ1) is 8.02. The van der Waals surface area contributed by atoms with E-state index < -0.39 is 0 Å². The van der Waals surface area contributed by atoms with Crippen LogP contribution in [0, 0.1) is 0 Å². The summed E-state index contributed by atoms with van der Waals surface area (Å²) >= 11 is 5.89. The van der Waals surface area contributed by atoms with Crippen LogP contribution in [-0.4, -0.2) is 18.4 Å². The fourth-order valence-corrected chi connectivity index (χ4v) is 1.41. The minimum Gasteiger partial charge on any atom is -0.330 e. The number of carbonyl (C=O) groups is 2. The van der Waals surface area contributed by atoms with E-state index >= 15 is 0 Å². The monoisotopic (exact) mass is 255 g/mol. The van der Waals surface area contributed by atoms with E-state index in [0.29, 0.717) is 16.4 Å². The molecule has 0 radical (unpaired) electrons. The summed E-state index contributed by atoms with van der Waals surface area (Å²) in [6.45, 7) is 1.67. The Morgan fingerprint density at radius 2 is 2.06 bits per heavy atom. The van der Waals surface area contributed by atoms with Crippen LogP contribution in [0.2, 0.25) is 5.02 Å². The van der Waals surface area contributed by atoms with Crippen LogP contribution in [-0.2, 0) is 9.59 Å². The molecule has 0 saturated carbocycles. The molecule has 0 spiro atoms. The topological polar surface area (TPSA) is 84.2 Å². The van der Waals surface area contributed by atoms with Crippen LogP contribution in [0.15, 0.2) is 18.2 Å². The lowest BCUT2D eigenvalue weighted by atomic mass is 10.2. The molecule has 4 N–H and O–H groups in total. The van der Waals surface area contributed by atoms with Crippen molar-refractivity contribution in [3.05, 3.63) is 23.2 Å². The van der Waals surface area contributed by atoms with Crippen LogP contribution < -0.4 is 16.4 Å². The van der Waals surface area contributed by atoms with E-state index in [1.165, 1.54) is 6.92 Å². The fourth-order valence-electron chi connectivity index (χ4n) is 1.24. The highest BCUT2D eigenvalue weighted by Gasteiger charge is 2.06. The van der Waals surface area contributed by atoms with Gasteiger partial charge in [0.1, 0.15) is 0 Å². The van der Waals surface area contributed by atoms with Gasteiger partial charge in [-0.1, -0.05) is 11.6 Å². The largest absolute Gasteiger partial charge is 0.330 e. The predicted molar refractivity (Wildman–Crippen MR) is 68.1 cm³/mol. The second-order valence-electron chi connectivity index (χ2n) is 3.46. The normalized spacial score (nSPS) is 9.82. The summed E-state index contributed by atoms with van der Waals surface area (Å²) in [6.07, 6.45) is 0.248. The molecule has 0 heterocycles. The third-order valence-electron chi connectivity index (χ3n) is 1.93. The Kier molecular flexibility index (Phi) is 4.93. The van der Waals surface area contributed by atoms with Crippen molar-refractivity contribution in [1.29, 1.82) is 0 Å². The number of hydrogen-bond donors (Lipinski definition) is 3. The number of hydrogen-bond acceptors (Lipinski definition) is 3. The molecule has 0 unspecified atom stereocenters. The highest BCUT2D eigenvalue weighted by atomic mass is 35.5. The van der Waals surface area contributed by atoms with Gasteiger partial charge in [0.25, 0.3) is 0 Å². The first-order valence-electron chi connectivity index (χ1n) is 5.10. The van der Waals surface area contributed by atoms with Gasteiger partial charge in [-0.05, 0) is 18.2 Å². The van der Waals surface area contributed by atoms with Crippen LogP contribution in [0.5, 0.6) is 0 Å². The molecule has 0 bridgehead atoms. The van der Waals surface area contributed by atoms with Crippen LogP contribution in [0.4, 0.5) is 11.4 Å². The number of halogens is 1. The SMILES string of the molecule is CC(=O)Nc1cc(NC(=O)CCN)ccc1Cl. The molecule has 1 rings (SSSR count). The molecule has 92 valence electrons. The number of rotatable bonds is 4. The third-order valence-corrected chi connectivity index (χ3v) is 2.26. The van der Waals surface area contributed by atoms with Gasteiger partial charge in [0.15, 0.2) is 0 Å². The van der Waals surface area contributed by atoms with Gasteiger partial charge >= 0.3 is 0 Å². The van der Waals surface area contributed by atoms with Crippen LogP contribution >= 0.6 is 11.6 Å². The quantitative estimate of drug-likeness (QED) is 0.764. The molecule has 2 amide bonds. The second kappa shape index (κ2) is 6.22. The Bertz CT molecular complexity index is 435. The maximum atomic E-state index is 11.3. The van der Waals surface area contributed by atoms with Crippen molar-refractivity contribution in [1.82, 2.24) is 0 Å². The van der Waals surface area contributed by atoms with E-state index in [4.69, 9.17) is 17.3 Å². The molecular weight excluding hydrogens is 242 g/mol. The van der Waals surface area contributed by atoms with E-state index in [1.54, 1.807) is 18.2 Å². The molecule has 5 nitrogen and oxygen atoms in total. The maximum Gasteiger partial charge on any atom is 0.225 e. The van der Waals surface area contributed by atoms with Gasteiger partial charge in [0, 0.05) is 25.6 Å². The minimum absolute atomic E-state index is 0.177. The minimum atomic E-state index is -0.225. The van der Waals surface area contributed by atoms with Gasteiger partial charge in [-0.2, -0.15) is 0 Å². The van der Waals surface area contributed by atoms with Crippen molar-refractivity contribution in [2.75, 3.05) is 17.2 Å². The molecule has 0 aliphatic rings. The Hall–Kier alpha value is -1.59. The average Bonchev–Trinajstić information content (AvgIpc) is 2.22. The standard InChI is InChI=1S/C11H14ClN3O2/c1-7(16)14-10-6-8(2-3-9(10)12)15-11(17)4-5-13/h2-3,6H,4-5,13H2,1H3,(H,14,16)(H,15,17). The Labute approximate surface area is 104 Å². The molecule has 0 atom stereocenters. The summed E-state index contributed by atoms with van der Waals surface area (Å²) in [4.78, 5) is 22.2. The van der Waals surface area contributed by atoms with Crippen LogP contribution in [0.3, 0.4) is 0 Å². The number of anilines is 2. The summed E-state index contributed by atoms with van der Waals surface area (Å²) in [5.41, 5.74) is 6.29. The van der Waals surface area contributed by atoms with Gasteiger partial charge in [0.2, 0.25) is 11.8 Å². The molecule has 1 aromatic rings. The summed E-state index contributed by atoms with van der Waals surface area (Å²) < 4.78 is 0. The number of nitrogens with two attached hydrogens (primary N) is 1. The molecule has 6 heteroatoms. The van der Waals surface area contributed by atoms with Crippen molar-refractivity contribution in [3.8, 4) is 0 Å². The number of amides is 2. The molecule has 17 heavy (non-hydrogen) atoms. The van der Waals surface area contributed by atoms with E-state index in [0.717, 1.165) is 0 Å². The van der Waals surface area contributed by atoms with Crippen molar-refractivity contribution in [2.45, 2.75) is 13.3 Å². The van der Waals surface area contributed by atoms with Crippen LogP contribution in [0.1, 0.15) is 13.3 Å². The van der Waals surface area contributed by atoms with Crippen molar-refractivity contribution >= 4 is 34.8 Å². The number of benzene rings is 1. The lowest BCUT2D eigenvalue weighted by molar-refractivity contribution is -0.116. The smallest absolute Gasteiger partial charge is 0.225 e. The summed E-state index contributed by atoms with van der Waals surface area (Å²) in [7, 11) is 0. The van der Waals surface area contributed by atoms with Gasteiger partial charge in [-0.3, -0.25) is 9.59 Å². The van der Waals surface area contributed by atoms with Gasteiger partial charge in [-0.25, -0.2) is 0 Å². The Balaban J connectivity index is 2.81. The van der Waals surface area contributed by atoms with Gasteiger partial charge in [-0.15, -0.1) is 0 Å². The molecule has 0 fully saturated rings. The van der Waals surface area contributed by atoms with E-state index in [2.05, 4.69) is 10.6 Å². The third kappa shape index (κ3) is 4.42. The van der Waals surface area contributed by atoms with Crippen molar-refractivity contribution in [2.24, 2.45) is 5.73 Å². The fraction of sp³-hybridized carbons (Fsp3) is 0.273. The number of carbonyl (C=O) groups excluding carboxylic acids is 2. The van der Waals surface area contributed by atoms with Gasteiger partial charge < -0.3 is 16.4 Å². The molecule has 0 aliphatic heterocycles. The average molecular weight is 256 g/mol. The lowest BCUT2D eigenvalue weighted by Crippen LogP contribution is -2.16. The second-order valence-corrected chi connectivity index (χ2v) is 3.87.